The molecule has 1 saturated heterocycles. The lowest BCUT2D eigenvalue weighted by Gasteiger charge is -2.34. The monoisotopic (exact) mass is 345 g/mol. The molecule has 9 nitrogen and oxygen atoms in total. The van der Waals surface area contributed by atoms with Crippen LogP contribution in [0.2, 0.25) is 0 Å². The average Bonchev–Trinajstić information content (AvgIpc) is 2.54. The molecule has 1 aromatic rings. The molecule has 1 atom stereocenters. The van der Waals surface area contributed by atoms with Gasteiger partial charge in [0, 0.05) is 26.3 Å². The topological polar surface area (TPSA) is 111 Å². The normalized spacial score (nSPS) is 18.9. The van der Waals surface area contributed by atoms with Crippen LogP contribution in [-0.4, -0.2) is 59.9 Å². The van der Waals surface area contributed by atoms with Crippen LogP contribution in [-0.2, 0) is 19.5 Å². The highest BCUT2D eigenvalue weighted by molar-refractivity contribution is 7.89. The van der Waals surface area contributed by atoms with Crippen molar-refractivity contribution in [2.24, 2.45) is 0 Å². The standard InChI is InChI=1S/C13H19N3O6S/c1-14-23(19,20)13-11(4-3-5-12(13)16(17)18)15-6-7-22-10(8-15)9-21-2/h3-5,10,14H,6-9H2,1-2H3. The molecule has 1 fully saturated rings. The number of hydrogen-bond acceptors (Lipinski definition) is 7. The highest BCUT2D eigenvalue weighted by atomic mass is 32.2. The van der Waals surface area contributed by atoms with Crippen molar-refractivity contribution in [1.29, 1.82) is 0 Å². The summed E-state index contributed by atoms with van der Waals surface area (Å²) in [5, 5.41) is 11.2. The summed E-state index contributed by atoms with van der Waals surface area (Å²) in [6, 6.07) is 4.22. The Balaban J connectivity index is 2.50. The van der Waals surface area contributed by atoms with Crippen LogP contribution in [0.1, 0.15) is 0 Å². The van der Waals surface area contributed by atoms with E-state index in [0.29, 0.717) is 26.3 Å². The fourth-order valence-corrected chi connectivity index (χ4v) is 3.60. The van der Waals surface area contributed by atoms with Crippen molar-refractivity contribution in [3.8, 4) is 0 Å². The molecule has 1 heterocycles. The Morgan fingerprint density at radius 1 is 1.52 bits per heavy atom. The number of nitro groups is 1. The predicted octanol–water partition coefficient (Wildman–Crippen LogP) is 0.355. The molecule has 2 rings (SSSR count). The summed E-state index contributed by atoms with van der Waals surface area (Å²) in [5.74, 6) is 0. The first-order valence-electron chi connectivity index (χ1n) is 6.97. The van der Waals surface area contributed by atoms with Crippen LogP contribution in [0.25, 0.3) is 0 Å². The second-order valence-corrected chi connectivity index (χ2v) is 6.81. The Bertz CT molecular complexity index is 676. The average molecular weight is 345 g/mol. The maximum atomic E-state index is 12.3. The smallest absolute Gasteiger partial charge is 0.291 e. The molecule has 1 N–H and O–H groups in total. The van der Waals surface area contributed by atoms with Crippen molar-refractivity contribution in [2.45, 2.75) is 11.0 Å². The van der Waals surface area contributed by atoms with Crippen LogP contribution in [0.5, 0.6) is 0 Å². The Morgan fingerprint density at radius 2 is 2.26 bits per heavy atom. The molecule has 0 aliphatic carbocycles. The van der Waals surface area contributed by atoms with Crippen LogP contribution >= 0.6 is 0 Å². The summed E-state index contributed by atoms with van der Waals surface area (Å²) in [6.07, 6.45) is -0.224. The molecule has 0 aromatic heterocycles. The molecule has 0 spiro atoms. The number of rotatable bonds is 6. The fraction of sp³-hybridized carbons (Fsp3) is 0.538. The van der Waals surface area contributed by atoms with Crippen molar-refractivity contribution < 1.29 is 22.8 Å². The lowest BCUT2D eigenvalue weighted by atomic mass is 10.2. The maximum Gasteiger partial charge on any atom is 0.291 e. The van der Waals surface area contributed by atoms with Crippen LogP contribution in [0.3, 0.4) is 0 Å². The number of anilines is 1. The Kier molecular flexibility index (Phi) is 5.52. The van der Waals surface area contributed by atoms with Crippen LogP contribution < -0.4 is 9.62 Å². The number of hydrogen-bond donors (Lipinski definition) is 1. The first kappa shape index (κ1) is 17.6. The Hall–Kier alpha value is -1.75. The van der Waals surface area contributed by atoms with Gasteiger partial charge in [0.25, 0.3) is 5.69 Å². The Labute approximate surface area is 134 Å². The zero-order chi connectivity index (χ0) is 17.0. The van der Waals surface area contributed by atoms with Crippen molar-refractivity contribution in [3.05, 3.63) is 28.3 Å². The highest BCUT2D eigenvalue weighted by Crippen LogP contribution is 2.34. The molecule has 1 aliphatic rings. The summed E-state index contributed by atoms with van der Waals surface area (Å²) in [5.41, 5.74) is -0.162. The molecule has 0 bridgehead atoms. The molecule has 1 unspecified atom stereocenters. The SMILES string of the molecule is CNS(=O)(=O)c1c(N2CCOC(COC)C2)cccc1[N+](=O)[O-]. The number of nitrogens with one attached hydrogen (secondary N) is 1. The van der Waals surface area contributed by atoms with Gasteiger partial charge in [0.2, 0.25) is 10.0 Å². The van der Waals surface area contributed by atoms with E-state index < -0.39 is 20.6 Å². The van der Waals surface area contributed by atoms with Crippen molar-refractivity contribution in [3.63, 3.8) is 0 Å². The molecule has 0 amide bonds. The van der Waals surface area contributed by atoms with Gasteiger partial charge in [-0.15, -0.1) is 0 Å². The minimum absolute atomic E-state index is 0.224. The zero-order valence-electron chi connectivity index (χ0n) is 12.9. The maximum absolute atomic E-state index is 12.3. The zero-order valence-corrected chi connectivity index (χ0v) is 13.7. The second-order valence-electron chi connectivity index (χ2n) is 4.98. The van der Waals surface area contributed by atoms with E-state index >= 15 is 0 Å². The number of methoxy groups -OCH3 is 1. The third kappa shape index (κ3) is 3.78. The first-order chi connectivity index (χ1) is 10.9. The van der Waals surface area contributed by atoms with Crippen molar-refractivity contribution in [1.82, 2.24) is 4.72 Å². The van der Waals surface area contributed by atoms with Crippen LogP contribution in [0.15, 0.2) is 23.1 Å². The second kappa shape index (κ2) is 7.21. The van der Waals surface area contributed by atoms with E-state index in [2.05, 4.69) is 4.72 Å². The molecule has 1 aliphatic heterocycles. The summed E-state index contributed by atoms with van der Waals surface area (Å²) in [4.78, 5) is 12.0. The van der Waals surface area contributed by atoms with Gasteiger partial charge in [-0.2, -0.15) is 0 Å². The summed E-state index contributed by atoms with van der Waals surface area (Å²) in [7, 11) is -1.22. The quantitative estimate of drug-likeness (QED) is 0.585. The van der Waals surface area contributed by atoms with Gasteiger partial charge in [-0.05, 0) is 13.1 Å². The summed E-state index contributed by atoms with van der Waals surface area (Å²) >= 11 is 0. The van der Waals surface area contributed by atoms with Gasteiger partial charge in [-0.25, -0.2) is 13.1 Å². The molecule has 10 heteroatoms. The number of nitro benzene ring substituents is 1. The minimum Gasteiger partial charge on any atom is -0.382 e. The van der Waals surface area contributed by atoms with Gasteiger partial charge in [0.1, 0.15) is 0 Å². The third-order valence-electron chi connectivity index (χ3n) is 3.54. The lowest BCUT2D eigenvalue weighted by molar-refractivity contribution is -0.387. The first-order valence-corrected chi connectivity index (χ1v) is 8.45. The number of nitrogens with zero attached hydrogens (tertiary/aromatic N) is 2. The highest BCUT2D eigenvalue weighted by Gasteiger charge is 2.32. The molecule has 0 radical (unpaired) electrons. The van der Waals surface area contributed by atoms with Gasteiger partial charge in [0.15, 0.2) is 4.90 Å². The van der Waals surface area contributed by atoms with Gasteiger partial charge < -0.3 is 14.4 Å². The van der Waals surface area contributed by atoms with E-state index in [0.717, 1.165) is 0 Å². The molecular weight excluding hydrogens is 326 g/mol. The van der Waals surface area contributed by atoms with E-state index in [1.165, 1.54) is 19.2 Å². The number of morpholine rings is 1. The van der Waals surface area contributed by atoms with E-state index in [1.54, 1.807) is 18.1 Å². The fourth-order valence-electron chi connectivity index (χ4n) is 2.51. The van der Waals surface area contributed by atoms with Crippen molar-refractivity contribution >= 4 is 21.4 Å². The van der Waals surface area contributed by atoms with Gasteiger partial charge >= 0.3 is 0 Å². The summed E-state index contributed by atoms with van der Waals surface area (Å²) in [6.45, 7) is 1.57. The van der Waals surface area contributed by atoms with Crippen LogP contribution in [0.4, 0.5) is 11.4 Å². The van der Waals surface area contributed by atoms with Gasteiger partial charge in [0.05, 0.1) is 29.9 Å². The molecule has 0 saturated carbocycles. The Morgan fingerprint density at radius 3 is 2.87 bits per heavy atom. The molecule has 23 heavy (non-hydrogen) atoms. The predicted molar refractivity (Wildman–Crippen MR) is 83.2 cm³/mol. The van der Waals surface area contributed by atoms with E-state index in [9.17, 15) is 18.5 Å². The van der Waals surface area contributed by atoms with Crippen molar-refractivity contribution in [2.75, 3.05) is 45.4 Å². The number of ether oxygens (including phenoxy) is 2. The number of benzene rings is 1. The number of sulfonamides is 1. The van der Waals surface area contributed by atoms with Crippen LogP contribution in [0, 0.1) is 10.1 Å². The summed E-state index contributed by atoms with van der Waals surface area (Å²) < 4.78 is 37.3. The van der Waals surface area contributed by atoms with E-state index in [1.807, 2.05) is 0 Å². The molecule has 128 valence electrons. The van der Waals surface area contributed by atoms with Gasteiger partial charge in [-0.1, -0.05) is 6.07 Å². The third-order valence-corrected chi connectivity index (χ3v) is 5.03. The largest absolute Gasteiger partial charge is 0.382 e. The van der Waals surface area contributed by atoms with E-state index in [-0.39, 0.29) is 16.7 Å². The molecular formula is C13H19N3O6S. The molecule has 1 aromatic carbocycles. The minimum atomic E-state index is -3.99. The van der Waals surface area contributed by atoms with Gasteiger partial charge in [-0.3, -0.25) is 10.1 Å². The lowest BCUT2D eigenvalue weighted by Crippen LogP contribution is -2.45. The van der Waals surface area contributed by atoms with E-state index in [4.69, 9.17) is 9.47 Å².